The van der Waals surface area contributed by atoms with Gasteiger partial charge >= 0.3 is 6.18 Å². The molecule has 1 aromatic heterocycles. The molecule has 1 N–H and O–H groups in total. The maximum absolute atomic E-state index is 13.5. The molecule has 1 aliphatic heterocycles. The van der Waals surface area contributed by atoms with E-state index in [9.17, 15) is 18.0 Å². The minimum absolute atomic E-state index is 0.0664. The Morgan fingerprint density at radius 1 is 1.17 bits per heavy atom. The summed E-state index contributed by atoms with van der Waals surface area (Å²) in [6.07, 6.45) is -2.78. The van der Waals surface area contributed by atoms with Crippen molar-refractivity contribution in [1.29, 1.82) is 0 Å². The van der Waals surface area contributed by atoms with Crippen molar-refractivity contribution in [3.63, 3.8) is 0 Å². The molecule has 0 saturated heterocycles. The standard InChI is InChI=1S/C22H23F3N2O2/c1-5-29-12-17-14(3)26-19(21(17)28)11-16-10-13(2)27(15(16)4)20-9-7-6-8-18(20)22(23,24)25/h6-11,26H,5,12H2,1-4H3/b19-11+. The lowest BCUT2D eigenvalue weighted by Crippen LogP contribution is -2.12. The summed E-state index contributed by atoms with van der Waals surface area (Å²) in [5.74, 6) is -0.156. The van der Waals surface area contributed by atoms with Gasteiger partial charge in [0, 0.05) is 29.3 Å². The predicted octanol–water partition coefficient (Wildman–Crippen LogP) is 4.94. The molecule has 1 aromatic carbocycles. The average Bonchev–Trinajstić information content (AvgIpc) is 3.08. The molecule has 0 bridgehead atoms. The van der Waals surface area contributed by atoms with Crippen LogP contribution in [0.15, 0.2) is 47.3 Å². The number of nitrogens with zero attached hydrogens (tertiary/aromatic N) is 1. The van der Waals surface area contributed by atoms with Gasteiger partial charge in [-0.2, -0.15) is 13.2 Å². The fourth-order valence-corrected chi connectivity index (χ4v) is 3.51. The molecular formula is C22H23F3N2O2. The van der Waals surface area contributed by atoms with E-state index in [-0.39, 0.29) is 18.1 Å². The second kappa shape index (κ2) is 7.91. The first kappa shape index (κ1) is 20.9. The van der Waals surface area contributed by atoms with Crippen LogP contribution in [-0.2, 0) is 15.7 Å². The number of hydrogen-bond donors (Lipinski definition) is 1. The first-order valence-corrected chi connectivity index (χ1v) is 9.31. The molecule has 0 amide bonds. The molecule has 0 aliphatic carbocycles. The van der Waals surface area contributed by atoms with Crippen LogP contribution in [-0.4, -0.2) is 23.6 Å². The smallest absolute Gasteiger partial charge is 0.377 e. The summed E-state index contributed by atoms with van der Waals surface area (Å²) in [4.78, 5) is 12.7. The third-order valence-electron chi connectivity index (χ3n) is 4.96. The molecule has 0 saturated carbocycles. The van der Waals surface area contributed by atoms with Crippen molar-refractivity contribution in [3.8, 4) is 5.69 Å². The van der Waals surface area contributed by atoms with Gasteiger partial charge in [0.05, 0.1) is 23.6 Å². The molecule has 0 spiro atoms. The topological polar surface area (TPSA) is 43.3 Å². The first-order chi connectivity index (χ1) is 13.6. The van der Waals surface area contributed by atoms with Crippen LogP contribution in [0.2, 0.25) is 0 Å². The molecule has 0 atom stereocenters. The van der Waals surface area contributed by atoms with Gasteiger partial charge in [-0.3, -0.25) is 4.79 Å². The number of ether oxygens (including phenoxy) is 1. The number of hydrogen-bond acceptors (Lipinski definition) is 3. The van der Waals surface area contributed by atoms with E-state index in [1.54, 1.807) is 43.5 Å². The number of Topliss-reactive ketones (excluding diaryl/α,β-unsaturated/α-hetero) is 1. The summed E-state index contributed by atoms with van der Waals surface area (Å²) in [7, 11) is 0. The molecule has 7 heteroatoms. The molecule has 4 nitrogen and oxygen atoms in total. The van der Waals surface area contributed by atoms with E-state index >= 15 is 0 Å². The number of aryl methyl sites for hydroxylation is 1. The van der Waals surface area contributed by atoms with Crippen molar-refractivity contribution in [2.24, 2.45) is 0 Å². The predicted molar refractivity (Wildman–Crippen MR) is 106 cm³/mol. The van der Waals surface area contributed by atoms with E-state index in [2.05, 4.69) is 5.32 Å². The number of rotatable bonds is 5. The molecular weight excluding hydrogens is 381 g/mol. The van der Waals surface area contributed by atoms with Gasteiger partial charge in [-0.25, -0.2) is 0 Å². The average molecular weight is 404 g/mol. The number of allylic oxidation sites excluding steroid dienone is 2. The summed E-state index contributed by atoms with van der Waals surface area (Å²) in [5, 5.41) is 3.06. The van der Waals surface area contributed by atoms with Crippen LogP contribution in [0.3, 0.4) is 0 Å². The number of carbonyl (C=O) groups is 1. The lowest BCUT2D eigenvalue weighted by Gasteiger charge is -2.16. The van der Waals surface area contributed by atoms with Gasteiger partial charge in [-0.15, -0.1) is 0 Å². The maximum Gasteiger partial charge on any atom is 0.418 e. The first-order valence-electron chi connectivity index (χ1n) is 9.31. The van der Waals surface area contributed by atoms with E-state index < -0.39 is 11.7 Å². The lowest BCUT2D eigenvalue weighted by atomic mass is 10.1. The zero-order chi connectivity index (χ0) is 21.3. The van der Waals surface area contributed by atoms with Gasteiger partial charge in [-0.1, -0.05) is 12.1 Å². The molecule has 3 rings (SSSR count). The van der Waals surface area contributed by atoms with Crippen molar-refractivity contribution in [2.45, 2.75) is 33.9 Å². The minimum atomic E-state index is -4.46. The monoisotopic (exact) mass is 404 g/mol. The van der Waals surface area contributed by atoms with Gasteiger partial charge in [0.25, 0.3) is 0 Å². The van der Waals surface area contributed by atoms with Crippen molar-refractivity contribution < 1.29 is 22.7 Å². The highest BCUT2D eigenvalue weighted by Crippen LogP contribution is 2.35. The SMILES string of the molecule is CCOCC1=C(C)N/C(=C/c2cc(C)n(-c3ccccc3C(F)(F)F)c2C)C1=O. The Morgan fingerprint density at radius 3 is 2.52 bits per heavy atom. The van der Waals surface area contributed by atoms with Crippen LogP contribution in [0, 0.1) is 13.8 Å². The maximum atomic E-state index is 13.5. The highest BCUT2D eigenvalue weighted by atomic mass is 19.4. The molecule has 29 heavy (non-hydrogen) atoms. The molecule has 2 heterocycles. The number of halogens is 3. The Kier molecular flexibility index (Phi) is 5.71. The fraction of sp³-hybridized carbons (Fsp3) is 0.318. The largest absolute Gasteiger partial charge is 0.418 e. The van der Waals surface area contributed by atoms with Crippen LogP contribution in [0.25, 0.3) is 11.8 Å². The zero-order valence-corrected chi connectivity index (χ0v) is 16.8. The molecule has 1 aliphatic rings. The van der Waals surface area contributed by atoms with Crippen molar-refractivity contribution in [1.82, 2.24) is 9.88 Å². The molecule has 154 valence electrons. The Morgan fingerprint density at radius 2 is 1.86 bits per heavy atom. The highest BCUT2D eigenvalue weighted by molar-refractivity contribution is 6.13. The third-order valence-corrected chi connectivity index (χ3v) is 4.96. The lowest BCUT2D eigenvalue weighted by molar-refractivity contribution is -0.137. The quantitative estimate of drug-likeness (QED) is 0.718. The summed E-state index contributed by atoms with van der Waals surface area (Å²) < 4.78 is 47.3. The number of para-hydroxylation sites is 1. The van der Waals surface area contributed by atoms with E-state index in [4.69, 9.17) is 4.74 Å². The number of ketones is 1. The zero-order valence-electron chi connectivity index (χ0n) is 16.8. The Labute approximate surface area is 167 Å². The van der Waals surface area contributed by atoms with Crippen LogP contribution < -0.4 is 5.32 Å². The number of benzene rings is 1. The second-order valence-corrected chi connectivity index (χ2v) is 6.93. The number of carbonyl (C=O) groups excluding carboxylic acids is 1. The highest BCUT2D eigenvalue weighted by Gasteiger charge is 2.34. The van der Waals surface area contributed by atoms with Crippen LogP contribution in [0.4, 0.5) is 13.2 Å². The summed E-state index contributed by atoms with van der Waals surface area (Å²) >= 11 is 0. The molecule has 0 radical (unpaired) electrons. The Hall–Kier alpha value is -2.80. The van der Waals surface area contributed by atoms with E-state index in [1.165, 1.54) is 12.1 Å². The number of aromatic nitrogens is 1. The van der Waals surface area contributed by atoms with Gasteiger partial charge in [-0.05, 0) is 57.5 Å². The van der Waals surface area contributed by atoms with Crippen molar-refractivity contribution in [3.05, 3.63) is 69.8 Å². The third kappa shape index (κ3) is 4.00. The number of nitrogens with one attached hydrogen (secondary N) is 1. The summed E-state index contributed by atoms with van der Waals surface area (Å²) in [6.45, 7) is 7.87. The van der Waals surface area contributed by atoms with Gasteiger partial charge < -0.3 is 14.6 Å². The fourth-order valence-electron chi connectivity index (χ4n) is 3.51. The normalized spacial score (nSPS) is 16.1. The van der Waals surface area contributed by atoms with Crippen molar-refractivity contribution >= 4 is 11.9 Å². The van der Waals surface area contributed by atoms with E-state index in [0.717, 1.165) is 11.8 Å². The Bertz CT molecular complexity index is 1010. The van der Waals surface area contributed by atoms with Crippen LogP contribution >= 0.6 is 0 Å². The van der Waals surface area contributed by atoms with E-state index in [1.807, 2.05) is 6.92 Å². The van der Waals surface area contributed by atoms with Gasteiger partial charge in [0.1, 0.15) is 0 Å². The second-order valence-electron chi connectivity index (χ2n) is 6.93. The number of alkyl halides is 3. The van der Waals surface area contributed by atoms with E-state index in [0.29, 0.717) is 34.8 Å². The summed E-state index contributed by atoms with van der Waals surface area (Å²) in [5.41, 5.74) is 3.00. The molecule has 0 fully saturated rings. The molecule has 2 aromatic rings. The molecule has 0 unspecified atom stereocenters. The van der Waals surface area contributed by atoms with Crippen molar-refractivity contribution in [2.75, 3.05) is 13.2 Å². The van der Waals surface area contributed by atoms with Crippen LogP contribution in [0.1, 0.15) is 36.4 Å². The van der Waals surface area contributed by atoms with Crippen LogP contribution in [0.5, 0.6) is 0 Å². The van der Waals surface area contributed by atoms with Gasteiger partial charge in [0.2, 0.25) is 5.78 Å². The Balaban J connectivity index is 2.01. The summed E-state index contributed by atoms with van der Waals surface area (Å²) in [6, 6.07) is 7.25. The minimum Gasteiger partial charge on any atom is -0.377 e. The van der Waals surface area contributed by atoms with Gasteiger partial charge in [0.15, 0.2) is 0 Å².